The van der Waals surface area contributed by atoms with Crippen LogP contribution in [0.25, 0.3) is 0 Å². The predicted octanol–water partition coefficient (Wildman–Crippen LogP) is 7.76. The summed E-state index contributed by atoms with van der Waals surface area (Å²) in [6.07, 6.45) is 28.9. The van der Waals surface area contributed by atoms with E-state index >= 15 is 0 Å². The molecule has 0 spiro atoms. The van der Waals surface area contributed by atoms with E-state index in [9.17, 15) is 9.90 Å². The van der Waals surface area contributed by atoms with Crippen molar-refractivity contribution in [1.29, 1.82) is 0 Å². The van der Waals surface area contributed by atoms with Crippen molar-refractivity contribution in [3.05, 3.63) is 85.0 Å². The van der Waals surface area contributed by atoms with Crippen molar-refractivity contribution in [2.45, 2.75) is 84.1 Å². The lowest BCUT2D eigenvalue weighted by molar-refractivity contribution is -0.121. The molecular weight excluding hydrogens is 434 g/mol. The normalized spacial score (nSPS) is 12.7. The number of carbonyl (C=O) groups excluding carboxylic acids is 1. The van der Waals surface area contributed by atoms with E-state index in [1.54, 1.807) is 6.07 Å². The van der Waals surface area contributed by atoms with E-state index in [1.165, 1.54) is 6.42 Å². The number of phenols is 1. The number of hydrogen-bond acceptors (Lipinski definition) is 3. The molecule has 0 radical (unpaired) electrons. The maximum Gasteiger partial charge on any atom is 0.220 e. The largest absolute Gasteiger partial charge is 0.504 e. The zero-order valence-electron chi connectivity index (χ0n) is 21.8. The average Bonchev–Trinajstić information content (AvgIpc) is 2.83. The zero-order chi connectivity index (χ0) is 25.6. The van der Waals surface area contributed by atoms with Crippen molar-refractivity contribution in [3.8, 4) is 11.5 Å². The Hall–Kier alpha value is -3.01. The van der Waals surface area contributed by atoms with E-state index < -0.39 is 0 Å². The molecule has 0 aliphatic rings. The van der Waals surface area contributed by atoms with Crippen molar-refractivity contribution >= 4 is 5.91 Å². The molecular formula is C31H45NO3. The highest BCUT2D eigenvalue weighted by atomic mass is 16.5. The first-order valence-corrected chi connectivity index (χ1v) is 13.0. The van der Waals surface area contributed by atoms with Crippen LogP contribution in [0.15, 0.2) is 79.5 Å². The summed E-state index contributed by atoms with van der Waals surface area (Å²) in [6, 6.07) is 5.34. The maximum absolute atomic E-state index is 12.2. The van der Waals surface area contributed by atoms with Gasteiger partial charge in [0.15, 0.2) is 11.5 Å². The minimum Gasteiger partial charge on any atom is -0.504 e. The molecule has 0 aromatic heterocycles. The second-order valence-electron chi connectivity index (χ2n) is 8.60. The van der Waals surface area contributed by atoms with Crippen molar-refractivity contribution in [3.63, 3.8) is 0 Å². The van der Waals surface area contributed by atoms with Crippen LogP contribution in [0.3, 0.4) is 0 Å². The maximum atomic E-state index is 12.2. The Labute approximate surface area is 213 Å². The lowest BCUT2D eigenvalue weighted by Gasteiger charge is -2.15. The van der Waals surface area contributed by atoms with Crippen LogP contribution in [0.2, 0.25) is 0 Å². The molecule has 1 amide bonds. The van der Waals surface area contributed by atoms with E-state index in [0.29, 0.717) is 25.2 Å². The Morgan fingerprint density at radius 3 is 2.23 bits per heavy atom. The molecule has 0 saturated carbocycles. The Kier molecular flexibility index (Phi) is 17.5. The Bertz CT molecular complexity index is 836. The summed E-state index contributed by atoms with van der Waals surface area (Å²) >= 11 is 0. The molecule has 1 atom stereocenters. The summed E-state index contributed by atoms with van der Waals surface area (Å²) < 4.78 is 5.43. The number of ether oxygens (including phenoxy) is 1. The Morgan fingerprint density at radius 1 is 0.971 bits per heavy atom. The standard InChI is InChI=1S/C31H45NO3/c1-4-6-7-8-9-10-11-12-13-14-15-16-17-18-19-20-21-22-31(34)32-27(3)25-28-23-24-29(33)30(26-28)35-5-2/h4,9-10,12-13,16-17,19-20,23-24,26-27,33H,1,5-8,11,14-15,18,21-22,25H2,2-3H3,(H,32,34)/b10-9-,13-12+,17-16-,20-19+. The van der Waals surface area contributed by atoms with Gasteiger partial charge < -0.3 is 15.2 Å². The van der Waals surface area contributed by atoms with Crippen LogP contribution in [0.1, 0.15) is 77.2 Å². The van der Waals surface area contributed by atoms with Crippen LogP contribution in [-0.2, 0) is 11.2 Å². The summed E-state index contributed by atoms with van der Waals surface area (Å²) in [5.41, 5.74) is 1.02. The third-order valence-corrected chi connectivity index (χ3v) is 5.30. The molecule has 0 aliphatic carbocycles. The van der Waals surface area contributed by atoms with Crippen LogP contribution in [0.4, 0.5) is 0 Å². The van der Waals surface area contributed by atoms with Gasteiger partial charge in [0.2, 0.25) is 5.91 Å². The number of allylic oxidation sites excluding steroid dienone is 9. The molecule has 1 rings (SSSR count). The predicted molar refractivity (Wildman–Crippen MR) is 149 cm³/mol. The van der Waals surface area contributed by atoms with Gasteiger partial charge in [-0.05, 0) is 89.3 Å². The topological polar surface area (TPSA) is 58.6 Å². The quantitative estimate of drug-likeness (QED) is 0.157. The van der Waals surface area contributed by atoms with Gasteiger partial charge in [0.05, 0.1) is 6.61 Å². The van der Waals surface area contributed by atoms with Crippen molar-refractivity contribution < 1.29 is 14.6 Å². The molecule has 1 aromatic carbocycles. The van der Waals surface area contributed by atoms with Crippen LogP contribution in [0, 0.1) is 0 Å². The summed E-state index contributed by atoms with van der Waals surface area (Å²) in [7, 11) is 0. The number of nitrogens with one attached hydrogen (secondary N) is 1. The Balaban J connectivity index is 2.10. The number of rotatable bonds is 19. The lowest BCUT2D eigenvalue weighted by Crippen LogP contribution is -2.33. The van der Waals surface area contributed by atoms with E-state index in [-0.39, 0.29) is 17.7 Å². The molecule has 2 N–H and O–H groups in total. The first kappa shape index (κ1) is 30.0. The van der Waals surface area contributed by atoms with Crippen LogP contribution < -0.4 is 10.1 Å². The smallest absolute Gasteiger partial charge is 0.220 e. The number of amides is 1. The van der Waals surface area contributed by atoms with E-state index in [0.717, 1.165) is 50.5 Å². The number of unbranched alkanes of at least 4 members (excludes halogenated alkanes) is 3. The molecule has 0 heterocycles. The monoisotopic (exact) mass is 479 g/mol. The molecule has 192 valence electrons. The Morgan fingerprint density at radius 2 is 1.60 bits per heavy atom. The molecule has 4 nitrogen and oxygen atoms in total. The van der Waals surface area contributed by atoms with Gasteiger partial charge in [-0.1, -0.05) is 60.8 Å². The van der Waals surface area contributed by atoms with Gasteiger partial charge in [-0.3, -0.25) is 4.79 Å². The first-order valence-electron chi connectivity index (χ1n) is 13.0. The van der Waals surface area contributed by atoms with Gasteiger partial charge in [-0.15, -0.1) is 6.58 Å². The third kappa shape index (κ3) is 16.3. The number of phenolic OH excluding ortho intramolecular Hbond substituents is 1. The van der Waals surface area contributed by atoms with Gasteiger partial charge in [0.25, 0.3) is 0 Å². The number of aromatic hydroxyl groups is 1. The van der Waals surface area contributed by atoms with Crippen molar-refractivity contribution in [2.24, 2.45) is 0 Å². The molecule has 0 saturated heterocycles. The van der Waals surface area contributed by atoms with Gasteiger partial charge in [0.1, 0.15) is 0 Å². The van der Waals surface area contributed by atoms with Crippen molar-refractivity contribution in [2.75, 3.05) is 6.61 Å². The minimum atomic E-state index is 0.0147. The second kappa shape index (κ2) is 20.4. The fourth-order valence-corrected chi connectivity index (χ4v) is 3.51. The lowest BCUT2D eigenvalue weighted by atomic mass is 10.1. The van der Waals surface area contributed by atoms with Crippen LogP contribution in [-0.4, -0.2) is 23.7 Å². The molecule has 1 aromatic rings. The van der Waals surface area contributed by atoms with Crippen LogP contribution >= 0.6 is 0 Å². The van der Waals surface area contributed by atoms with E-state index in [4.69, 9.17) is 4.74 Å². The molecule has 0 bridgehead atoms. The summed E-state index contributed by atoms with van der Waals surface area (Å²) in [5, 5.41) is 12.9. The van der Waals surface area contributed by atoms with Gasteiger partial charge in [-0.2, -0.15) is 0 Å². The van der Waals surface area contributed by atoms with Gasteiger partial charge in [-0.25, -0.2) is 0 Å². The van der Waals surface area contributed by atoms with Crippen LogP contribution in [0.5, 0.6) is 11.5 Å². The SMILES string of the molecule is C=CCCC/C=C\C/C=C/CC/C=C\C/C=C/CCC(=O)NC(C)Cc1ccc(O)c(OCC)c1. The van der Waals surface area contributed by atoms with E-state index in [1.807, 2.05) is 32.1 Å². The zero-order valence-corrected chi connectivity index (χ0v) is 21.8. The highest BCUT2D eigenvalue weighted by Gasteiger charge is 2.10. The summed E-state index contributed by atoms with van der Waals surface area (Å²) in [5.74, 6) is 0.678. The van der Waals surface area contributed by atoms with Gasteiger partial charge in [0, 0.05) is 12.5 Å². The highest BCUT2D eigenvalue weighted by Crippen LogP contribution is 2.27. The minimum absolute atomic E-state index is 0.0147. The molecule has 4 heteroatoms. The molecule has 0 aliphatic heterocycles. The summed E-state index contributed by atoms with van der Waals surface area (Å²) in [6.45, 7) is 8.10. The fraction of sp³-hybridized carbons (Fsp3) is 0.452. The second-order valence-corrected chi connectivity index (χ2v) is 8.60. The number of hydrogen-bond donors (Lipinski definition) is 2. The van der Waals surface area contributed by atoms with Crippen molar-refractivity contribution in [1.82, 2.24) is 5.32 Å². The fourth-order valence-electron chi connectivity index (χ4n) is 3.51. The highest BCUT2D eigenvalue weighted by molar-refractivity contribution is 5.76. The summed E-state index contributed by atoms with van der Waals surface area (Å²) in [4.78, 5) is 12.2. The molecule has 1 unspecified atom stereocenters. The number of benzene rings is 1. The third-order valence-electron chi connectivity index (χ3n) is 5.30. The van der Waals surface area contributed by atoms with Gasteiger partial charge >= 0.3 is 0 Å². The molecule has 0 fully saturated rings. The van der Waals surface area contributed by atoms with E-state index in [2.05, 4.69) is 60.5 Å². The molecule has 35 heavy (non-hydrogen) atoms. The number of carbonyl (C=O) groups is 1. The average molecular weight is 480 g/mol. The first-order chi connectivity index (χ1) is 17.1.